The molecule has 0 fully saturated rings. The van der Waals surface area contributed by atoms with Crippen LogP contribution >= 0.6 is 7.60 Å². The number of hydrogen-bond acceptors (Lipinski definition) is 4. The third-order valence-corrected chi connectivity index (χ3v) is 5.75. The van der Waals surface area contributed by atoms with Crippen LogP contribution in [-0.4, -0.2) is 18.2 Å². The summed E-state index contributed by atoms with van der Waals surface area (Å²) in [6.45, 7) is 9.42. The van der Waals surface area contributed by atoms with Gasteiger partial charge in [-0.05, 0) is 43.4 Å². The van der Waals surface area contributed by atoms with Crippen LogP contribution < -0.4 is 0 Å². The average molecular weight is 367 g/mol. The SMILES string of the molecule is CCOP(=O)(OCC)[C@H](CC(C)(C)C)c1ccnc(C(F)(F)F)c1. The zero-order chi connectivity index (χ0) is 18.6. The van der Waals surface area contributed by atoms with E-state index in [2.05, 4.69) is 4.98 Å². The summed E-state index contributed by atoms with van der Waals surface area (Å²) in [4.78, 5) is 3.37. The summed E-state index contributed by atoms with van der Waals surface area (Å²) in [5.41, 5.74) is -1.83. The zero-order valence-corrected chi connectivity index (χ0v) is 15.6. The van der Waals surface area contributed by atoms with Gasteiger partial charge in [0.25, 0.3) is 0 Å². The summed E-state index contributed by atoms with van der Waals surface area (Å²) in [6, 6.07) is 2.37. The van der Waals surface area contributed by atoms with Crippen LogP contribution in [0, 0.1) is 5.41 Å². The summed E-state index contributed by atoms with van der Waals surface area (Å²) in [6.07, 6.45) is -3.13. The van der Waals surface area contributed by atoms with Crippen LogP contribution in [-0.2, 0) is 19.8 Å². The number of alkyl halides is 3. The number of nitrogens with zero attached hydrogens (tertiary/aromatic N) is 1. The first-order valence-electron chi connectivity index (χ1n) is 7.85. The van der Waals surface area contributed by atoms with E-state index in [9.17, 15) is 17.7 Å². The van der Waals surface area contributed by atoms with Gasteiger partial charge in [0.15, 0.2) is 0 Å². The Morgan fingerprint density at radius 2 is 1.71 bits per heavy atom. The van der Waals surface area contributed by atoms with Crippen LogP contribution in [0.4, 0.5) is 13.2 Å². The third-order valence-electron chi connectivity index (χ3n) is 3.26. The van der Waals surface area contributed by atoms with E-state index >= 15 is 0 Å². The number of halogens is 3. The summed E-state index contributed by atoms with van der Waals surface area (Å²) in [5.74, 6) is 0. The van der Waals surface area contributed by atoms with Crippen molar-refractivity contribution < 1.29 is 26.8 Å². The molecule has 0 aliphatic carbocycles. The molecule has 138 valence electrons. The number of hydrogen-bond donors (Lipinski definition) is 0. The molecule has 1 aromatic heterocycles. The van der Waals surface area contributed by atoms with E-state index in [0.29, 0.717) is 6.42 Å². The van der Waals surface area contributed by atoms with E-state index < -0.39 is 25.1 Å². The maximum atomic E-state index is 13.2. The first-order valence-corrected chi connectivity index (χ1v) is 9.46. The van der Waals surface area contributed by atoms with Crippen LogP contribution in [0.15, 0.2) is 18.3 Å². The normalized spacial score (nSPS) is 14.7. The molecule has 0 saturated heterocycles. The summed E-state index contributed by atoms with van der Waals surface area (Å²) >= 11 is 0. The van der Waals surface area contributed by atoms with E-state index in [1.807, 2.05) is 20.8 Å². The van der Waals surface area contributed by atoms with Gasteiger partial charge in [-0.15, -0.1) is 0 Å². The molecule has 1 atom stereocenters. The van der Waals surface area contributed by atoms with E-state index in [4.69, 9.17) is 9.05 Å². The highest BCUT2D eigenvalue weighted by Gasteiger charge is 2.41. The summed E-state index contributed by atoms with van der Waals surface area (Å²) < 4.78 is 62.9. The summed E-state index contributed by atoms with van der Waals surface area (Å²) in [5, 5.41) is 0. The van der Waals surface area contributed by atoms with Crippen molar-refractivity contribution in [2.75, 3.05) is 13.2 Å². The molecule has 1 heterocycles. The molecule has 8 heteroatoms. The highest BCUT2D eigenvalue weighted by molar-refractivity contribution is 7.54. The van der Waals surface area contributed by atoms with Crippen LogP contribution in [0.1, 0.15) is 58.0 Å². The number of aromatic nitrogens is 1. The lowest BCUT2D eigenvalue weighted by Crippen LogP contribution is -2.16. The van der Waals surface area contributed by atoms with Crippen molar-refractivity contribution in [3.8, 4) is 0 Å². The number of rotatable bonds is 7. The monoisotopic (exact) mass is 367 g/mol. The second kappa shape index (κ2) is 7.98. The van der Waals surface area contributed by atoms with Crippen LogP contribution in [0.3, 0.4) is 0 Å². The minimum absolute atomic E-state index is 0.148. The van der Waals surface area contributed by atoms with E-state index in [1.54, 1.807) is 13.8 Å². The Labute approximate surface area is 141 Å². The maximum absolute atomic E-state index is 13.2. The lowest BCUT2D eigenvalue weighted by Gasteiger charge is -2.31. The molecule has 0 saturated carbocycles. The Balaban J connectivity index is 3.40. The molecule has 24 heavy (non-hydrogen) atoms. The molecule has 0 amide bonds. The maximum Gasteiger partial charge on any atom is 0.433 e. The van der Waals surface area contributed by atoms with Crippen LogP contribution in [0.25, 0.3) is 0 Å². The van der Waals surface area contributed by atoms with Gasteiger partial charge in [-0.2, -0.15) is 13.2 Å². The number of pyridine rings is 1. The zero-order valence-electron chi connectivity index (χ0n) is 14.7. The smallest absolute Gasteiger partial charge is 0.308 e. The highest BCUT2D eigenvalue weighted by Crippen LogP contribution is 2.64. The fraction of sp³-hybridized carbons (Fsp3) is 0.688. The molecule has 0 N–H and O–H groups in total. The Bertz CT molecular complexity index is 575. The van der Waals surface area contributed by atoms with Crippen molar-refractivity contribution in [1.82, 2.24) is 4.98 Å². The first-order chi connectivity index (χ1) is 10.9. The van der Waals surface area contributed by atoms with Crippen molar-refractivity contribution in [3.05, 3.63) is 29.6 Å². The third kappa shape index (κ3) is 5.87. The highest BCUT2D eigenvalue weighted by atomic mass is 31.2. The van der Waals surface area contributed by atoms with Gasteiger partial charge < -0.3 is 9.05 Å². The van der Waals surface area contributed by atoms with E-state index in [-0.39, 0.29) is 24.2 Å². The fourth-order valence-corrected chi connectivity index (χ4v) is 4.83. The van der Waals surface area contributed by atoms with Crippen molar-refractivity contribution in [2.45, 2.75) is 52.9 Å². The Hall–Kier alpha value is -0.910. The minimum atomic E-state index is -4.57. The van der Waals surface area contributed by atoms with Crippen LogP contribution in [0.2, 0.25) is 0 Å². The molecule has 0 bridgehead atoms. The molecular formula is C16H25F3NO3P. The Morgan fingerprint density at radius 3 is 2.12 bits per heavy atom. The van der Waals surface area contributed by atoms with Gasteiger partial charge in [0, 0.05) is 6.20 Å². The predicted molar refractivity (Wildman–Crippen MR) is 86.9 cm³/mol. The Morgan fingerprint density at radius 1 is 1.17 bits per heavy atom. The predicted octanol–water partition coefficient (Wildman–Crippen LogP) is 5.84. The van der Waals surface area contributed by atoms with Gasteiger partial charge in [-0.1, -0.05) is 20.8 Å². The fourth-order valence-electron chi connectivity index (χ4n) is 2.38. The van der Waals surface area contributed by atoms with Crippen molar-refractivity contribution in [1.29, 1.82) is 0 Å². The minimum Gasteiger partial charge on any atom is -0.308 e. The van der Waals surface area contributed by atoms with Gasteiger partial charge in [0.2, 0.25) is 0 Å². The van der Waals surface area contributed by atoms with Gasteiger partial charge in [-0.3, -0.25) is 9.55 Å². The van der Waals surface area contributed by atoms with Gasteiger partial charge in [0.1, 0.15) is 5.69 Å². The van der Waals surface area contributed by atoms with E-state index in [1.165, 1.54) is 6.07 Å². The van der Waals surface area contributed by atoms with Crippen molar-refractivity contribution in [2.24, 2.45) is 5.41 Å². The molecule has 0 spiro atoms. The largest absolute Gasteiger partial charge is 0.433 e. The second-order valence-corrected chi connectivity index (χ2v) is 8.85. The Kier molecular flexibility index (Phi) is 7.03. The lowest BCUT2D eigenvalue weighted by atomic mass is 9.88. The second-order valence-electron chi connectivity index (χ2n) is 6.63. The molecule has 0 unspecified atom stereocenters. The summed E-state index contributed by atoms with van der Waals surface area (Å²) in [7, 11) is -3.62. The van der Waals surface area contributed by atoms with Crippen LogP contribution in [0.5, 0.6) is 0 Å². The molecule has 1 rings (SSSR count). The van der Waals surface area contributed by atoms with Gasteiger partial charge >= 0.3 is 13.8 Å². The molecule has 0 aliphatic rings. The molecule has 0 aromatic carbocycles. The van der Waals surface area contributed by atoms with Gasteiger partial charge in [-0.25, -0.2) is 0 Å². The molecule has 0 radical (unpaired) electrons. The average Bonchev–Trinajstić information content (AvgIpc) is 2.43. The molecule has 4 nitrogen and oxygen atoms in total. The standard InChI is InChI=1S/C16H25F3NO3P/c1-6-22-24(21,23-7-2)13(11-15(3,4)5)12-8-9-20-14(10-12)16(17,18)19/h8-10,13H,6-7,11H2,1-5H3/t13-/m1/s1. The quantitative estimate of drug-likeness (QED) is 0.568. The molecule has 1 aromatic rings. The van der Waals surface area contributed by atoms with Gasteiger partial charge in [0.05, 0.1) is 18.9 Å². The van der Waals surface area contributed by atoms with Crippen molar-refractivity contribution in [3.63, 3.8) is 0 Å². The first kappa shape index (κ1) is 21.1. The van der Waals surface area contributed by atoms with E-state index in [0.717, 1.165) is 12.3 Å². The molecular weight excluding hydrogens is 342 g/mol. The topological polar surface area (TPSA) is 48.4 Å². The van der Waals surface area contributed by atoms with Crippen molar-refractivity contribution >= 4 is 7.60 Å². The molecule has 0 aliphatic heterocycles. The lowest BCUT2D eigenvalue weighted by molar-refractivity contribution is -0.141.